The number of nitrogens with zero attached hydrogens (tertiary/aromatic N) is 4. The highest BCUT2D eigenvalue weighted by molar-refractivity contribution is 5.97. The van der Waals surface area contributed by atoms with Gasteiger partial charge in [0.2, 0.25) is 5.91 Å². The van der Waals surface area contributed by atoms with Crippen molar-refractivity contribution in [3.63, 3.8) is 0 Å². The van der Waals surface area contributed by atoms with Crippen molar-refractivity contribution in [1.29, 1.82) is 0 Å². The molecule has 1 aliphatic heterocycles. The predicted molar refractivity (Wildman–Crippen MR) is 123 cm³/mol. The van der Waals surface area contributed by atoms with E-state index in [-0.39, 0.29) is 11.8 Å². The molecule has 1 atom stereocenters. The smallest absolute Gasteiger partial charge is 0.259 e. The summed E-state index contributed by atoms with van der Waals surface area (Å²) in [6.07, 6.45) is 7.00. The highest BCUT2D eigenvalue weighted by atomic mass is 16.5. The van der Waals surface area contributed by atoms with E-state index in [0.29, 0.717) is 49.5 Å². The van der Waals surface area contributed by atoms with Gasteiger partial charge in [-0.1, -0.05) is 29.4 Å². The van der Waals surface area contributed by atoms with Gasteiger partial charge < -0.3 is 14.7 Å². The molecule has 4 rings (SSSR count). The van der Waals surface area contributed by atoms with Gasteiger partial charge in [-0.3, -0.25) is 9.59 Å². The lowest BCUT2D eigenvalue weighted by Crippen LogP contribution is -2.54. The zero-order valence-electron chi connectivity index (χ0n) is 19.3. The zero-order valence-corrected chi connectivity index (χ0v) is 19.3. The number of rotatable bonds is 6. The topological polar surface area (TPSA) is 101 Å². The van der Waals surface area contributed by atoms with Crippen LogP contribution in [0.25, 0.3) is 11.1 Å². The first kappa shape index (κ1) is 22.6. The van der Waals surface area contributed by atoms with E-state index in [1.165, 1.54) is 6.33 Å². The lowest BCUT2D eigenvalue weighted by Gasteiger charge is -2.42. The van der Waals surface area contributed by atoms with Crippen LogP contribution in [0.2, 0.25) is 0 Å². The summed E-state index contributed by atoms with van der Waals surface area (Å²) < 4.78 is 5.22. The van der Waals surface area contributed by atoms with E-state index in [1.54, 1.807) is 31.1 Å². The van der Waals surface area contributed by atoms with Crippen LogP contribution in [0.5, 0.6) is 0 Å². The second-order valence-corrected chi connectivity index (χ2v) is 8.63. The van der Waals surface area contributed by atoms with Crippen molar-refractivity contribution in [2.24, 2.45) is 5.41 Å². The maximum atomic E-state index is 13.5. The summed E-state index contributed by atoms with van der Waals surface area (Å²) in [5.74, 6) is 0.339. The van der Waals surface area contributed by atoms with Crippen LogP contribution in [0.15, 0.2) is 47.5 Å². The Bertz CT molecular complexity index is 1120. The average Bonchev–Trinajstić information content (AvgIpc) is 3.17. The van der Waals surface area contributed by atoms with Crippen LogP contribution in [0.4, 0.5) is 0 Å². The number of hydrogen-bond donors (Lipinski definition) is 1. The predicted octanol–water partition coefficient (Wildman–Crippen LogP) is 3.35. The largest absolute Gasteiger partial charge is 0.361 e. The summed E-state index contributed by atoms with van der Waals surface area (Å²) in [5.41, 5.74) is 3.25. The lowest BCUT2D eigenvalue weighted by atomic mass is 9.73. The maximum Gasteiger partial charge on any atom is 0.259 e. The van der Waals surface area contributed by atoms with Crippen LogP contribution in [0, 0.1) is 19.3 Å². The van der Waals surface area contributed by atoms with Crippen molar-refractivity contribution in [2.45, 2.75) is 40.0 Å². The summed E-state index contributed by atoms with van der Waals surface area (Å²) in [6, 6.07) is 8.01. The summed E-state index contributed by atoms with van der Waals surface area (Å²) >= 11 is 0. The van der Waals surface area contributed by atoms with Crippen LogP contribution in [0.1, 0.15) is 47.1 Å². The SMILES string of the molecule is CCNC(=O)[C@]1(Cc2ccccc2-c2cncnc2)CCCN(C(=O)c2c(C)noc2C)C1. The fourth-order valence-corrected chi connectivity index (χ4v) is 4.77. The number of benzene rings is 1. The third-order valence-corrected chi connectivity index (χ3v) is 6.35. The first-order valence-corrected chi connectivity index (χ1v) is 11.3. The molecule has 0 aliphatic carbocycles. The summed E-state index contributed by atoms with van der Waals surface area (Å²) in [5, 5.41) is 6.95. The molecule has 0 radical (unpaired) electrons. The first-order chi connectivity index (χ1) is 15.9. The molecule has 3 aromatic rings. The summed E-state index contributed by atoms with van der Waals surface area (Å²) in [6.45, 7) is 6.89. The first-order valence-electron chi connectivity index (χ1n) is 11.3. The third-order valence-electron chi connectivity index (χ3n) is 6.35. The number of hydrogen-bond acceptors (Lipinski definition) is 6. The Hall–Kier alpha value is -3.55. The van der Waals surface area contributed by atoms with Crippen molar-refractivity contribution in [3.05, 3.63) is 65.6 Å². The normalized spacial score (nSPS) is 18.2. The van der Waals surface area contributed by atoms with Gasteiger partial charge in [-0.05, 0) is 51.2 Å². The number of aryl methyl sites for hydroxylation is 2. The van der Waals surface area contributed by atoms with Crippen molar-refractivity contribution >= 4 is 11.8 Å². The third kappa shape index (κ3) is 4.51. The van der Waals surface area contributed by atoms with E-state index in [1.807, 2.05) is 31.2 Å². The van der Waals surface area contributed by atoms with Crippen molar-refractivity contribution in [2.75, 3.05) is 19.6 Å². The minimum absolute atomic E-state index is 0.0274. The number of amides is 2. The highest BCUT2D eigenvalue weighted by Gasteiger charge is 2.44. The Morgan fingerprint density at radius 1 is 1.18 bits per heavy atom. The Morgan fingerprint density at radius 2 is 1.94 bits per heavy atom. The van der Waals surface area contributed by atoms with Crippen LogP contribution in [-0.4, -0.2) is 51.5 Å². The molecule has 2 amide bonds. The number of piperidine rings is 1. The second-order valence-electron chi connectivity index (χ2n) is 8.63. The van der Waals surface area contributed by atoms with Crippen molar-refractivity contribution in [3.8, 4) is 11.1 Å². The van der Waals surface area contributed by atoms with Crippen molar-refractivity contribution in [1.82, 2.24) is 25.3 Å². The van der Waals surface area contributed by atoms with Crippen molar-refractivity contribution < 1.29 is 14.1 Å². The minimum Gasteiger partial charge on any atom is -0.361 e. The van der Waals surface area contributed by atoms with E-state index in [9.17, 15) is 9.59 Å². The molecule has 1 saturated heterocycles. The summed E-state index contributed by atoms with van der Waals surface area (Å²) in [7, 11) is 0. The molecule has 1 N–H and O–H groups in total. The average molecular weight is 448 g/mol. The number of carbonyl (C=O) groups is 2. The second kappa shape index (κ2) is 9.52. The van der Waals surface area contributed by atoms with Gasteiger partial charge in [0.05, 0.1) is 11.1 Å². The van der Waals surface area contributed by atoms with Gasteiger partial charge in [0.25, 0.3) is 5.91 Å². The Morgan fingerprint density at radius 3 is 2.64 bits per heavy atom. The highest BCUT2D eigenvalue weighted by Crippen LogP contribution is 2.37. The minimum atomic E-state index is -0.741. The fourth-order valence-electron chi connectivity index (χ4n) is 4.77. The monoisotopic (exact) mass is 447 g/mol. The molecule has 1 aromatic carbocycles. The van der Waals surface area contributed by atoms with Crippen LogP contribution >= 0.6 is 0 Å². The molecule has 0 saturated carbocycles. The van der Waals surface area contributed by atoms with Crippen LogP contribution in [0.3, 0.4) is 0 Å². The molecule has 8 nitrogen and oxygen atoms in total. The molecule has 0 bridgehead atoms. The Labute approximate surface area is 193 Å². The van der Waals surface area contributed by atoms with Gasteiger partial charge in [0, 0.05) is 37.6 Å². The molecule has 8 heteroatoms. The fraction of sp³-hybridized carbons (Fsp3) is 0.400. The van der Waals surface area contributed by atoms with Crippen LogP contribution in [-0.2, 0) is 11.2 Å². The van der Waals surface area contributed by atoms with Gasteiger partial charge in [0.15, 0.2) is 0 Å². The van der Waals surface area contributed by atoms with Gasteiger partial charge in [-0.2, -0.15) is 0 Å². The molecule has 172 valence electrons. The molecule has 0 spiro atoms. The standard InChI is InChI=1S/C25H29N5O3/c1-4-28-24(32)25(12-19-8-5-6-9-21(19)20-13-26-16-27-14-20)10-7-11-30(15-25)23(31)22-17(2)29-33-18(22)3/h5-6,8-9,13-14,16H,4,7,10-12,15H2,1-3H3,(H,28,32)/t25-/m0/s1. The molecular formula is C25H29N5O3. The van der Waals surface area contributed by atoms with E-state index in [2.05, 4.69) is 20.4 Å². The van der Waals surface area contributed by atoms with E-state index in [0.717, 1.165) is 23.1 Å². The number of likely N-dealkylation sites (tertiary alicyclic amines) is 1. The van der Waals surface area contributed by atoms with E-state index < -0.39 is 5.41 Å². The molecule has 33 heavy (non-hydrogen) atoms. The molecule has 0 unspecified atom stereocenters. The molecule has 1 fully saturated rings. The van der Waals surface area contributed by atoms with Crippen LogP contribution < -0.4 is 5.32 Å². The Kier molecular flexibility index (Phi) is 6.53. The lowest BCUT2D eigenvalue weighted by molar-refractivity contribution is -0.133. The number of carbonyl (C=O) groups excluding carboxylic acids is 2. The molecule has 2 aromatic heterocycles. The Balaban J connectivity index is 1.70. The number of nitrogens with one attached hydrogen (secondary N) is 1. The zero-order chi connectivity index (χ0) is 23.4. The van der Waals surface area contributed by atoms with E-state index in [4.69, 9.17) is 4.52 Å². The van der Waals surface area contributed by atoms with E-state index >= 15 is 0 Å². The van der Waals surface area contributed by atoms with Gasteiger partial charge in [-0.25, -0.2) is 9.97 Å². The molecule has 1 aliphatic rings. The summed E-state index contributed by atoms with van der Waals surface area (Å²) in [4.78, 5) is 36.9. The molecular weight excluding hydrogens is 418 g/mol. The molecule has 3 heterocycles. The van der Waals surface area contributed by atoms with Gasteiger partial charge in [-0.15, -0.1) is 0 Å². The maximum absolute atomic E-state index is 13.5. The van der Waals surface area contributed by atoms with Gasteiger partial charge >= 0.3 is 0 Å². The quantitative estimate of drug-likeness (QED) is 0.622. The number of aromatic nitrogens is 3. The van der Waals surface area contributed by atoms with Gasteiger partial charge in [0.1, 0.15) is 17.7 Å².